The topological polar surface area (TPSA) is 114 Å². The first-order valence-electron chi connectivity index (χ1n) is 10.5. The molecule has 2 aliphatic rings. The third-order valence-electron chi connectivity index (χ3n) is 5.62. The maximum atomic E-state index is 12.2. The Labute approximate surface area is 193 Å². The number of carbonyl (C=O) groups excluding carboxylic acids is 1. The van der Waals surface area contributed by atoms with Crippen molar-refractivity contribution in [3.63, 3.8) is 0 Å². The number of carboxylic acids is 1. The minimum atomic E-state index is -5.08. The number of nitrogens with zero attached hydrogens (tertiary/aromatic N) is 3. The van der Waals surface area contributed by atoms with E-state index < -0.39 is 12.1 Å². The van der Waals surface area contributed by atoms with Gasteiger partial charge in [0.05, 0.1) is 26.0 Å². The second-order valence-electron chi connectivity index (χ2n) is 7.94. The lowest BCUT2D eigenvalue weighted by molar-refractivity contribution is -0.192. The van der Waals surface area contributed by atoms with E-state index in [9.17, 15) is 18.0 Å². The Hall–Kier alpha value is -3.25. The van der Waals surface area contributed by atoms with Gasteiger partial charge in [0.25, 0.3) is 5.91 Å². The Bertz CT molecular complexity index is 977. The standard InChI is InChI=1S/C20H24N4O3.C2HF3O2/c1-26-16-4-2-3-14(7-16)10-24-11-17-15(13-27-19(17)12-24)8-23-20(25)18-9-21-5-6-22-18;3-2(4,5)1(6)7/h2-7,9,15,17,19H,8,10-13H2,1H3,(H,23,25);(H,6,7)/t15-,17+,19+;/m0./s1. The molecule has 1 amide bonds. The van der Waals surface area contributed by atoms with Gasteiger partial charge >= 0.3 is 12.1 Å². The van der Waals surface area contributed by atoms with Gasteiger partial charge in [0, 0.05) is 50.4 Å². The molecular weight excluding hydrogens is 457 g/mol. The number of likely N-dealkylation sites (tertiary alicyclic amines) is 1. The molecule has 4 rings (SSSR count). The number of fused-ring (bicyclic) bond motifs is 1. The van der Waals surface area contributed by atoms with Crippen molar-refractivity contribution < 1.29 is 37.3 Å². The lowest BCUT2D eigenvalue weighted by Gasteiger charge is -2.20. The van der Waals surface area contributed by atoms with Crippen LogP contribution in [-0.4, -0.2) is 77.5 Å². The largest absolute Gasteiger partial charge is 0.497 e. The number of methoxy groups -OCH3 is 1. The fourth-order valence-electron chi connectivity index (χ4n) is 3.98. The van der Waals surface area contributed by atoms with Crippen molar-refractivity contribution in [1.29, 1.82) is 0 Å². The molecule has 1 aromatic carbocycles. The van der Waals surface area contributed by atoms with Crippen LogP contribution in [0.3, 0.4) is 0 Å². The third kappa shape index (κ3) is 6.87. The second kappa shape index (κ2) is 11.3. The number of carbonyl (C=O) groups is 2. The van der Waals surface area contributed by atoms with Crippen molar-refractivity contribution in [3.8, 4) is 5.75 Å². The number of amides is 1. The molecule has 3 heterocycles. The summed E-state index contributed by atoms with van der Waals surface area (Å²) in [6.45, 7) is 4.09. The van der Waals surface area contributed by atoms with Crippen LogP contribution in [0.1, 0.15) is 16.1 Å². The van der Waals surface area contributed by atoms with E-state index in [2.05, 4.69) is 32.3 Å². The van der Waals surface area contributed by atoms with Crippen molar-refractivity contribution in [1.82, 2.24) is 20.2 Å². The highest BCUT2D eigenvalue weighted by Crippen LogP contribution is 2.34. The Balaban J connectivity index is 0.000000406. The number of aromatic nitrogens is 2. The van der Waals surface area contributed by atoms with E-state index in [-0.39, 0.29) is 12.0 Å². The highest BCUT2D eigenvalue weighted by molar-refractivity contribution is 5.91. The lowest BCUT2D eigenvalue weighted by atomic mass is 9.93. The van der Waals surface area contributed by atoms with Gasteiger partial charge in [0.1, 0.15) is 11.4 Å². The zero-order valence-corrected chi connectivity index (χ0v) is 18.4. The zero-order chi connectivity index (χ0) is 24.7. The highest BCUT2D eigenvalue weighted by Gasteiger charge is 2.43. The van der Waals surface area contributed by atoms with Crippen molar-refractivity contribution in [2.45, 2.75) is 18.8 Å². The average Bonchev–Trinajstić information content (AvgIpc) is 3.38. The number of alkyl halides is 3. The van der Waals surface area contributed by atoms with Gasteiger partial charge in [-0.3, -0.25) is 14.7 Å². The molecule has 2 N–H and O–H groups in total. The number of nitrogens with one attached hydrogen (secondary N) is 1. The van der Waals surface area contributed by atoms with Crippen LogP contribution in [0.2, 0.25) is 0 Å². The van der Waals surface area contributed by atoms with E-state index >= 15 is 0 Å². The van der Waals surface area contributed by atoms with E-state index in [1.165, 1.54) is 18.0 Å². The van der Waals surface area contributed by atoms with Gasteiger partial charge in [-0.1, -0.05) is 12.1 Å². The number of aliphatic carboxylic acids is 1. The number of rotatable bonds is 6. The Kier molecular flexibility index (Phi) is 8.40. The monoisotopic (exact) mass is 482 g/mol. The molecule has 2 aromatic rings. The molecule has 0 spiro atoms. The first kappa shape index (κ1) is 25.4. The van der Waals surface area contributed by atoms with Crippen LogP contribution in [-0.2, 0) is 16.1 Å². The molecule has 12 heteroatoms. The van der Waals surface area contributed by atoms with Crippen molar-refractivity contribution in [3.05, 3.63) is 54.1 Å². The van der Waals surface area contributed by atoms with E-state index in [0.29, 0.717) is 30.7 Å². The molecule has 1 aromatic heterocycles. The van der Waals surface area contributed by atoms with Crippen LogP contribution < -0.4 is 10.1 Å². The molecule has 2 aliphatic heterocycles. The summed E-state index contributed by atoms with van der Waals surface area (Å²) in [5.74, 6) is -1.29. The quantitative estimate of drug-likeness (QED) is 0.643. The molecule has 9 nitrogen and oxygen atoms in total. The van der Waals surface area contributed by atoms with Crippen LogP contribution in [0.25, 0.3) is 0 Å². The van der Waals surface area contributed by atoms with E-state index in [0.717, 1.165) is 25.4 Å². The summed E-state index contributed by atoms with van der Waals surface area (Å²) >= 11 is 0. The van der Waals surface area contributed by atoms with Crippen molar-refractivity contribution in [2.75, 3.05) is 33.4 Å². The maximum Gasteiger partial charge on any atom is 0.490 e. The van der Waals surface area contributed by atoms with Gasteiger partial charge in [0.15, 0.2) is 0 Å². The van der Waals surface area contributed by atoms with Gasteiger partial charge in [-0.25, -0.2) is 9.78 Å². The third-order valence-corrected chi connectivity index (χ3v) is 5.62. The van der Waals surface area contributed by atoms with Gasteiger partial charge in [0.2, 0.25) is 0 Å². The maximum absolute atomic E-state index is 12.2. The normalized spacial score (nSPS) is 21.8. The molecule has 184 valence electrons. The fourth-order valence-corrected chi connectivity index (χ4v) is 3.98. The Morgan fingerprint density at radius 2 is 2.06 bits per heavy atom. The number of benzene rings is 1. The minimum Gasteiger partial charge on any atom is -0.497 e. The van der Waals surface area contributed by atoms with Crippen LogP contribution in [0.15, 0.2) is 42.9 Å². The van der Waals surface area contributed by atoms with Gasteiger partial charge in [-0.2, -0.15) is 13.2 Å². The SMILES string of the molecule is COc1cccc(CN2C[C@@H]3[C@@H](CNC(=O)c4cnccn4)CO[C@@H]3C2)c1.O=C(O)C(F)(F)F. The smallest absolute Gasteiger partial charge is 0.490 e. The number of halogens is 3. The molecule has 2 fully saturated rings. The summed E-state index contributed by atoms with van der Waals surface area (Å²) in [4.78, 5) is 31.5. The van der Waals surface area contributed by atoms with Gasteiger partial charge in [-0.15, -0.1) is 0 Å². The summed E-state index contributed by atoms with van der Waals surface area (Å²) in [6.07, 6.45) is -0.276. The van der Waals surface area contributed by atoms with Crippen LogP contribution >= 0.6 is 0 Å². The van der Waals surface area contributed by atoms with E-state index in [4.69, 9.17) is 19.4 Å². The summed E-state index contributed by atoms with van der Waals surface area (Å²) in [5, 5.41) is 10.1. The molecule has 0 unspecified atom stereocenters. The predicted octanol–water partition coefficient (Wildman–Crippen LogP) is 2.00. The highest BCUT2D eigenvalue weighted by atomic mass is 19.4. The molecule has 0 saturated carbocycles. The summed E-state index contributed by atoms with van der Waals surface area (Å²) in [6, 6.07) is 8.18. The molecule has 0 radical (unpaired) electrons. The van der Waals surface area contributed by atoms with Crippen molar-refractivity contribution >= 4 is 11.9 Å². The lowest BCUT2D eigenvalue weighted by Crippen LogP contribution is -2.34. The van der Waals surface area contributed by atoms with Crippen molar-refractivity contribution in [2.24, 2.45) is 11.8 Å². The first-order valence-corrected chi connectivity index (χ1v) is 10.5. The molecule has 0 aliphatic carbocycles. The minimum absolute atomic E-state index is 0.183. The van der Waals surface area contributed by atoms with Gasteiger partial charge in [-0.05, 0) is 17.7 Å². The van der Waals surface area contributed by atoms with Crippen LogP contribution in [0, 0.1) is 11.8 Å². The Morgan fingerprint density at radius 3 is 2.71 bits per heavy atom. The van der Waals surface area contributed by atoms with Crippen LogP contribution in [0.5, 0.6) is 5.75 Å². The summed E-state index contributed by atoms with van der Waals surface area (Å²) < 4.78 is 43.0. The summed E-state index contributed by atoms with van der Waals surface area (Å²) in [7, 11) is 1.69. The molecule has 2 saturated heterocycles. The predicted molar refractivity (Wildman–Crippen MR) is 113 cm³/mol. The number of hydrogen-bond donors (Lipinski definition) is 2. The summed E-state index contributed by atoms with van der Waals surface area (Å²) in [5.41, 5.74) is 1.58. The fraction of sp³-hybridized carbons (Fsp3) is 0.455. The average molecular weight is 482 g/mol. The second-order valence-corrected chi connectivity index (χ2v) is 7.94. The van der Waals surface area contributed by atoms with E-state index in [1.54, 1.807) is 13.3 Å². The molecular formula is C22H25F3N4O5. The number of hydrogen-bond acceptors (Lipinski definition) is 7. The van der Waals surface area contributed by atoms with E-state index in [1.807, 2.05) is 12.1 Å². The molecule has 3 atom stereocenters. The zero-order valence-electron chi connectivity index (χ0n) is 18.4. The number of ether oxygens (including phenoxy) is 2. The van der Waals surface area contributed by atoms with Gasteiger partial charge < -0.3 is 19.9 Å². The molecule has 0 bridgehead atoms. The first-order chi connectivity index (χ1) is 16.2. The Morgan fingerprint density at radius 1 is 1.29 bits per heavy atom. The number of carboxylic acid groups (broad SMARTS) is 1. The molecule has 34 heavy (non-hydrogen) atoms. The van der Waals surface area contributed by atoms with Crippen LogP contribution in [0.4, 0.5) is 13.2 Å².